The van der Waals surface area contributed by atoms with Crippen LogP contribution in [0, 0.1) is 0 Å². The van der Waals surface area contributed by atoms with Crippen molar-refractivity contribution < 1.29 is 22.6 Å². The number of sulfonamides is 1. The minimum absolute atomic E-state index is 0.141. The SMILES string of the molecule is COC(CNS(=O)(=O)c1ccc2c(c1)OCCO2)c1ccsc1. The first-order valence-corrected chi connectivity index (χ1v) is 9.47. The van der Waals surface area contributed by atoms with E-state index in [1.54, 1.807) is 24.5 Å². The van der Waals surface area contributed by atoms with E-state index in [2.05, 4.69) is 4.72 Å². The topological polar surface area (TPSA) is 73.9 Å². The quantitative estimate of drug-likeness (QED) is 0.860. The summed E-state index contributed by atoms with van der Waals surface area (Å²) in [4.78, 5) is 0.141. The third-order valence-corrected chi connectivity index (χ3v) is 5.60. The molecular formula is C15H17NO5S2. The fourth-order valence-electron chi connectivity index (χ4n) is 2.26. The van der Waals surface area contributed by atoms with E-state index < -0.39 is 10.0 Å². The average Bonchev–Trinajstić information content (AvgIpc) is 3.09. The summed E-state index contributed by atoms with van der Waals surface area (Å²) >= 11 is 1.54. The molecule has 0 bridgehead atoms. The summed E-state index contributed by atoms with van der Waals surface area (Å²) in [5.41, 5.74) is 0.947. The lowest BCUT2D eigenvalue weighted by Gasteiger charge is -2.19. The Morgan fingerprint density at radius 2 is 2.04 bits per heavy atom. The first kappa shape index (κ1) is 16.3. The van der Waals surface area contributed by atoms with Crippen molar-refractivity contribution in [1.82, 2.24) is 4.72 Å². The number of hydrogen-bond acceptors (Lipinski definition) is 6. The van der Waals surface area contributed by atoms with Crippen molar-refractivity contribution in [1.29, 1.82) is 0 Å². The lowest BCUT2D eigenvalue weighted by atomic mass is 10.2. The predicted octanol–water partition coefficient (Wildman–Crippen LogP) is 2.19. The molecule has 0 radical (unpaired) electrons. The molecule has 124 valence electrons. The van der Waals surface area contributed by atoms with E-state index in [1.165, 1.54) is 12.1 Å². The highest BCUT2D eigenvalue weighted by molar-refractivity contribution is 7.89. The van der Waals surface area contributed by atoms with Crippen molar-refractivity contribution in [3.8, 4) is 11.5 Å². The normalized spacial score (nSPS) is 15.3. The van der Waals surface area contributed by atoms with Gasteiger partial charge >= 0.3 is 0 Å². The Bertz CT molecular complexity index is 758. The highest BCUT2D eigenvalue weighted by Gasteiger charge is 2.21. The van der Waals surface area contributed by atoms with E-state index >= 15 is 0 Å². The molecule has 6 nitrogen and oxygen atoms in total. The lowest BCUT2D eigenvalue weighted by Crippen LogP contribution is -2.29. The molecule has 1 unspecified atom stereocenters. The van der Waals surface area contributed by atoms with Crippen LogP contribution in [0.1, 0.15) is 11.7 Å². The first-order chi connectivity index (χ1) is 11.1. The molecule has 23 heavy (non-hydrogen) atoms. The monoisotopic (exact) mass is 355 g/mol. The van der Waals surface area contributed by atoms with E-state index in [9.17, 15) is 8.42 Å². The van der Waals surface area contributed by atoms with Crippen LogP contribution >= 0.6 is 11.3 Å². The Hall–Kier alpha value is -1.61. The van der Waals surface area contributed by atoms with Gasteiger partial charge in [-0.05, 0) is 34.5 Å². The van der Waals surface area contributed by atoms with Gasteiger partial charge < -0.3 is 14.2 Å². The molecule has 0 saturated carbocycles. The lowest BCUT2D eigenvalue weighted by molar-refractivity contribution is 0.107. The van der Waals surface area contributed by atoms with Crippen molar-refractivity contribution in [3.63, 3.8) is 0 Å². The van der Waals surface area contributed by atoms with Crippen LogP contribution in [0.4, 0.5) is 0 Å². The van der Waals surface area contributed by atoms with Gasteiger partial charge in [0.15, 0.2) is 11.5 Å². The summed E-state index contributed by atoms with van der Waals surface area (Å²) in [6.07, 6.45) is -0.326. The maximum atomic E-state index is 12.4. The highest BCUT2D eigenvalue weighted by Crippen LogP contribution is 2.32. The Kier molecular flexibility index (Phi) is 4.86. The molecule has 1 aliphatic heterocycles. The minimum atomic E-state index is -3.65. The fraction of sp³-hybridized carbons (Fsp3) is 0.333. The van der Waals surface area contributed by atoms with Gasteiger partial charge in [-0.1, -0.05) is 0 Å². The van der Waals surface area contributed by atoms with Gasteiger partial charge in [0.05, 0.1) is 11.0 Å². The molecule has 1 N–H and O–H groups in total. The van der Waals surface area contributed by atoms with Crippen LogP contribution in [0.5, 0.6) is 11.5 Å². The van der Waals surface area contributed by atoms with Crippen molar-refractivity contribution in [3.05, 3.63) is 40.6 Å². The zero-order valence-electron chi connectivity index (χ0n) is 12.5. The Morgan fingerprint density at radius 3 is 2.74 bits per heavy atom. The molecule has 2 aromatic rings. The molecular weight excluding hydrogens is 338 g/mol. The number of fused-ring (bicyclic) bond motifs is 1. The molecule has 1 aromatic carbocycles. The number of thiophene rings is 1. The summed E-state index contributed by atoms with van der Waals surface area (Å²) < 4.78 is 43.6. The summed E-state index contributed by atoms with van der Waals surface area (Å²) in [6, 6.07) is 6.50. The molecule has 8 heteroatoms. The molecule has 0 aliphatic carbocycles. The van der Waals surface area contributed by atoms with Crippen molar-refractivity contribution in [2.24, 2.45) is 0 Å². The molecule has 1 aromatic heterocycles. The molecule has 0 spiro atoms. The van der Waals surface area contributed by atoms with Crippen molar-refractivity contribution >= 4 is 21.4 Å². The van der Waals surface area contributed by atoms with Crippen LogP contribution < -0.4 is 14.2 Å². The number of nitrogens with one attached hydrogen (secondary N) is 1. The highest BCUT2D eigenvalue weighted by atomic mass is 32.2. The predicted molar refractivity (Wildman–Crippen MR) is 86.7 cm³/mol. The second-order valence-electron chi connectivity index (χ2n) is 4.94. The maximum absolute atomic E-state index is 12.4. The summed E-state index contributed by atoms with van der Waals surface area (Å²) in [6.45, 7) is 1.03. The zero-order chi connectivity index (χ0) is 16.3. The maximum Gasteiger partial charge on any atom is 0.240 e. The molecule has 2 heterocycles. The first-order valence-electron chi connectivity index (χ1n) is 7.04. The van der Waals surface area contributed by atoms with Crippen LogP contribution in [0.15, 0.2) is 39.9 Å². The van der Waals surface area contributed by atoms with Crippen LogP contribution in [-0.2, 0) is 14.8 Å². The van der Waals surface area contributed by atoms with Crippen LogP contribution in [-0.4, -0.2) is 35.3 Å². The summed E-state index contributed by atoms with van der Waals surface area (Å²) in [5, 5.41) is 3.86. The second-order valence-corrected chi connectivity index (χ2v) is 7.49. The van der Waals surface area contributed by atoms with E-state index in [0.717, 1.165) is 5.56 Å². The third kappa shape index (κ3) is 3.66. The molecule has 1 atom stereocenters. The standard InChI is InChI=1S/C15H17NO5S2/c1-19-15(11-4-7-22-10-11)9-16-23(17,18)12-2-3-13-14(8-12)21-6-5-20-13/h2-4,7-8,10,15-16H,5-6,9H2,1H3. The largest absolute Gasteiger partial charge is 0.486 e. The zero-order valence-corrected chi connectivity index (χ0v) is 14.2. The van der Waals surface area contributed by atoms with Crippen LogP contribution in [0.3, 0.4) is 0 Å². The minimum Gasteiger partial charge on any atom is -0.486 e. The number of hydrogen-bond donors (Lipinski definition) is 1. The van der Waals surface area contributed by atoms with Gasteiger partial charge in [0.2, 0.25) is 10.0 Å². The van der Waals surface area contributed by atoms with Gasteiger partial charge in [0, 0.05) is 19.7 Å². The Labute approximate surface area is 139 Å². The Morgan fingerprint density at radius 1 is 1.26 bits per heavy atom. The van der Waals surface area contributed by atoms with E-state index in [4.69, 9.17) is 14.2 Å². The average molecular weight is 355 g/mol. The second kappa shape index (κ2) is 6.88. The van der Waals surface area contributed by atoms with Crippen molar-refractivity contribution in [2.75, 3.05) is 26.9 Å². The molecule has 3 rings (SSSR count). The molecule has 0 amide bonds. The van der Waals surface area contributed by atoms with Crippen LogP contribution in [0.25, 0.3) is 0 Å². The number of benzene rings is 1. The van der Waals surface area contributed by atoms with Crippen LogP contribution in [0.2, 0.25) is 0 Å². The molecule has 1 aliphatic rings. The van der Waals surface area contributed by atoms with E-state index in [-0.39, 0.29) is 17.5 Å². The number of ether oxygens (including phenoxy) is 3. The van der Waals surface area contributed by atoms with Gasteiger partial charge in [-0.25, -0.2) is 13.1 Å². The third-order valence-electron chi connectivity index (χ3n) is 3.48. The van der Waals surface area contributed by atoms with Gasteiger partial charge in [0.1, 0.15) is 13.2 Å². The van der Waals surface area contributed by atoms with Gasteiger partial charge in [0.25, 0.3) is 0 Å². The molecule has 0 saturated heterocycles. The van der Waals surface area contributed by atoms with Gasteiger partial charge in [-0.2, -0.15) is 11.3 Å². The Balaban J connectivity index is 1.74. The number of rotatable bonds is 6. The van der Waals surface area contributed by atoms with E-state index in [1.807, 2.05) is 16.8 Å². The summed E-state index contributed by atoms with van der Waals surface area (Å²) in [7, 11) is -2.10. The number of methoxy groups -OCH3 is 1. The molecule has 0 fully saturated rings. The smallest absolute Gasteiger partial charge is 0.240 e. The summed E-state index contributed by atoms with van der Waals surface area (Å²) in [5.74, 6) is 1.00. The fourth-order valence-corrected chi connectivity index (χ4v) is 4.00. The van der Waals surface area contributed by atoms with Gasteiger partial charge in [-0.3, -0.25) is 0 Å². The van der Waals surface area contributed by atoms with Crippen molar-refractivity contribution in [2.45, 2.75) is 11.0 Å². The van der Waals surface area contributed by atoms with Gasteiger partial charge in [-0.15, -0.1) is 0 Å². The van der Waals surface area contributed by atoms with E-state index in [0.29, 0.717) is 24.7 Å².